The first-order valence-corrected chi connectivity index (χ1v) is 22.3. The lowest BCUT2D eigenvalue weighted by molar-refractivity contribution is -0.179. The number of morpholine rings is 1. The van der Waals surface area contributed by atoms with Gasteiger partial charge in [-0.05, 0) is 58.7 Å². The van der Waals surface area contributed by atoms with Gasteiger partial charge in [-0.3, -0.25) is 19.3 Å². The van der Waals surface area contributed by atoms with Crippen molar-refractivity contribution < 1.29 is 48.3 Å². The van der Waals surface area contributed by atoms with Crippen molar-refractivity contribution in [1.82, 2.24) is 19.8 Å². The van der Waals surface area contributed by atoms with Crippen LogP contribution < -0.4 is 14.5 Å². The molecule has 5 heterocycles. The maximum absolute atomic E-state index is 16.4. The van der Waals surface area contributed by atoms with Crippen molar-refractivity contribution in [3.05, 3.63) is 149 Å². The van der Waals surface area contributed by atoms with Crippen LogP contribution in [0, 0.1) is 17.8 Å². The Bertz CT molecular complexity index is 2660. The lowest BCUT2D eigenvalue weighted by Gasteiger charge is -2.46. The van der Waals surface area contributed by atoms with E-state index in [1.54, 1.807) is 59.8 Å². The Hall–Kier alpha value is -7.16. The zero-order chi connectivity index (χ0) is 46.5. The highest BCUT2D eigenvalue weighted by atomic mass is 16.6. The molecular weight excluding hydrogens is 857 g/mol. The molecule has 0 aliphatic carbocycles. The van der Waals surface area contributed by atoms with Gasteiger partial charge in [-0.2, -0.15) is 0 Å². The number of piperazine rings is 1. The number of aromatic nitrogens is 2. The van der Waals surface area contributed by atoms with E-state index in [4.69, 9.17) is 18.9 Å². The van der Waals surface area contributed by atoms with Crippen molar-refractivity contribution in [2.24, 2.45) is 5.92 Å². The number of benzene rings is 4. The Morgan fingerprint density at radius 1 is 0.791 bits per heavy atom. The Balaban J connectivity index is 1.33. The van der Waals surface area contributed by atoms with Crippen molar-refractivity contribution in [3.63, 3.8) is 0 Å². The van der Waals surface area contributed by atoms with Crippen LogP contribution in [0.3, 0.4) is 0 Å². The van der Waals surface area contributed by atoms with Crippen molar-refractivity contribution >= 4 is 35.5 Å². The minimum atomic E-state index is -2.04. The molecule has 1 aromatic heterocycles. The van der Waals surface area contributed by atoms with E-state index in [-0.39, 0.29) is 63.8 Å². The fourth-order valence-corrected chi connectivity index (χ4v) is 10.2. The minimum Gasteiger partial charge on any atom is -0.491 e. The summed E-state index contributed by atoms with van der Waals surface area (Å²) in [6.45, 7) is 0.525. The summed E-state index contributed by atoms with van der Waals surface area (Å²) in [6, 6.07) is 29.2. The Kier molecular flexibility index (Phi) is 13.3. The van der Waals surface area contributed by atoms with Gasteiger partial charge in [0.1, 0.15) is 36.5 Å². The molecule has 0 bridgehead atoms. The molecule has 4 aliphatic heterocycles. The number of hydrogen-bond acceptors (Lipinski definition) is 14. The van der Waals surface area contributed by atoms with Crippen LogP contribution in [0.25, 0.3) is 0 Å². The molecule has 0 radical (unpaired) electrons. The van der Waals surface area contributed by atoms with Crippen LogP contribution in [0.15, 0.2) is 122 Å². The molecule has 5 aromatic rings. The summed E-state index contributed by atoms with van der Waals surface area (Å²) in [4.78, 5) is 78.0. The lowest BCUT2D eigenvalue weighted by atomic mass is 9.64. The number of aliphatic hydroxyl groups is 2. The smallest absolute Gasteiger partial charge is 0.421 e. The largest absolute Gasteiger partial charge is 0.491 e. The monoisotopic (exact) mass is 906 g/mol. The molecule has 9 rings (SSSR count). The molecule has 16 nitrogen and oxygen atoms in total. The Morgan fingerprint density at radius 2 is 1.51 bits per heavy atom. The highest BCUT2D eigenvalue weighted by molar-refractivity contribution is 6.23. The number of cyclic esters (lactones) is 1. The van der Waals surface area contributed by atoms with Gasteiger partial charge in [0, 0.05) is 57.7 Å². The summed E-state index contributed by atoms with van der Waals surface area (Å²) in [5.74, 6) is 3.44. The van der Waals surface area contributed by atoms with E-state index in [9.17, 15) is 15.0 Å². The number of hydrogen-bond donors (Lipinski definition) is 2. The fraction of sp³-hybridized carbons (Fsp3) is 0.333. The van der Waals surface area contributed by atoms with Crippen LogP contribution in [-0.2, 0) is 34.0 Å². The molecular formula is C51H50N6O10. The number of ether oxygens (including phenoxy) is 4. The normalized spacial score (nSPS) is 23.3. The second-order valence-electron chi connectivity index (χ2n) is 16.5. The van der Waals surface area contributed by atoms with E-state index in [0.717, 1.165) is 10.5 Å². The van der Waals surface area contributed by atoms with Crippen molar-refractivity contribution in [1.29, 1.82) is 0 Å². The molecule has 6 atom stereocenters. The predicted octanol–water partition coefficient (Wildman–Crippen LogP) is 4.38. The topological polar surface area (TPSA) is 184 Å². The standard InChI is InChI=1S/C51H50N6O10/c1-64-30-31-66-50(63)56-40-20-19-34(12-8-9-27-58)32-39(40)51(48(56)62)41(46(60)54-23-25-55(26-24-54)49-52-21-11-22-53-49)43-47(61)67-44(36-15-6-3-7-16-36)42(35-13-4-2-5-14-35)57(43)45(51)37-17-10-18-38(33-37)65-29-28-59/h2-7,10-11,13-22,32-33,41-45,58-59H,9,23-31H2,1H3/t41-,42-,43-,44+,45+,51-/m0/s1. The molecule has 0 unspecified atom stereocenters. The number of imide groups is 1. The predicted molar refractivity (Wildman–Crippen MR) is 244 cm³/mol. The summed E-state index contributed by atoms with van der Waals surface area (Å²) < 4.78 is 23.5. The number of amides is 3. The van der Waals surface area contributed by atoms with Crippen LogP contribution >= 0.6 is 0 Å². The highest BCUT2D eigenvalue weighted by Crippen LogP contribution is 2.66. The highest BCUT2D eigenvalue weighted by Gasteiger charge is 2.76. The number of carbonyl (C=O) groups is 4. The number of aliphatic hydroxyl groups excluding tert-OH is 2. The van der Waals surface area contributed by atoms with Crippen LogP contribution in [0.5, 0.6) is 5.75 Å². The first-order chi connectivity index (χ1) is 32.8. The second kappa shape index (κ2) is 19.7. The molecule has 67 heavy (non-hydrogen) atoms. The molecule has 3 fully saturated rings. The number of esters is 1. The van der Waals surface area contributed by atoms with Crippen LogP contribution in [-0.4, -0.2) is 126 Å². The van der Waals surface area contributed by atoms with Gasteiger partial charge in [0.25, 0.3) is 0 Å². The van der Waals surface area contributed by atoms with Crippen LogP contribution in [0.4, 0.5) is 16.4 Å². The van der Waals surface area contributed by atoms with E-state index in [1.165, 1.54) is 7.11 Å². The molecule has 3 amide bonds. The van der Waals surface area contributed by atoms with Crippen molar-refractivity contribution in [3.8, 4) is 17.6 Å². The fourth-order valence-electron chi connectivity index (χ4n) is 10.2. The molecule has 4 aromatic carbocycles. The Morgan fingerprint density at radius 3 is 2.21 bits per heavy atom. The van der Waals surface area contributed by atoms with Gasteiger partial charge in [0.05, 0.1) is 43.5 Å². The molecule has 4 aliphatic rings. The molecule has 16 heteroatoms. The summed E-state index contributed by atoms with van der Waals surface area (Å²) >= 11 is 0. The summed E-state index contributed by atoms with van der Waals surface area (Å²) in [5, 5.41) is 19.5. The number of methoxy groups -OCH3 is 1. The minimum absolute atomic E-state index is 0.0273. The van der Waals surface area contributed by atoms with E-state index >= 15 is 14.4 Å². The van der Waals surface area contributed by atoms with Gasteiger partial charge in [-0.1, -0.05) is 84.6 Å². The first-order valence-electron chi connectivity index (χ1n) is 22.3. The van der Waals surface area contributed by atoms with Crippen LogP contribution in [0.1, 0.15) is 52.4 Å². The maximum atomic E-state index is 16.4. The number of rotatable bonds is 12. The zero-order valence-corrected chi connectivity index (χ0v) is 36.8. The van der Waals surface area contributed by atoms with Gasteiger partial charge in [0.15, 0.2) is 0 Å². The number of fused-ring (bicyclic) bond motifs is 3. The average Bonchev–Trinajstić information content (AvgIpc) is 3.82. The third-order valence-corrected chi connectivity index (χ3v) is 12.9. The van der Waals surface area contributed by atoms with Crippen LogP contribution in [0.2, 0.25) is 0 Å². The molecule has 344 valence electrons. The molecule has 1 spiro atoms. The number of nitrogens with zero attached hydrogens (tertiary/aromatic N) is 6. The first kappa shape index (κ1) is 45.0. The van der Waals surface area contributed by atoms with Gasteiger partial charge in [0.2, 0.25) is 17.8 Å². The quantitative estimate of drug-likeness (QED) is 0.102. The molecule has 2 N–H and O–H groups in total. The van der Waals surface area contributed by atoms with Crippen molar-refractivity contribution in [2.45, 2.75) is 36.1 Å². The third-order valence-electron chi connectivity index (χ3n) is 12.9. The zero-order valence-electron chi connectivity index (χ0n) is 36.8. The Labute approximate surface area is 387 Å². The van der Waals surface area contributed by atoms with Gasteiger partial charge < -0.3 is 39.0 Å². The summed E-state index contributed by atoms with van der Waals surface area (Å²) in [7, 11) is 1.46. The number of carbonyl (C=O) groups excluding carboxylic acids is 4. The summed E-state index contributed by atoms with van der Waals surface area (Å²) in [6.07, 6.45) is 1.56. The van der Waals surface area contributed by atoms with E-state index in [1.807, 2.05) is 76.5 Å². The summed E-state index contributed by atoms with van der Waals surface area (Å²) in [5.41, 5.74) is 0.775. The van der Waals surface area contributed by atoms with Crippen molar-refractivity contribution in [2.75, 3.05) is 76.1 Å². The lowest BCUT2D eigenvalue weighted by Crippen LogP contribution is -2.59. The number of anilines is 2. The van der Waals surface area contributed by atoms with E-state index in [2.05, 4.69) is 21.8 Å². The SMILES string of the molecule is COCCOC(=O)N1C(=O)[C@@]2(c3cc(C#CCCO)ccc31)[C@H](C(=O)N1CCN(c3ncccn3)CC1)[C@H]1C(=O)O[C@H](c3ccccc3)[C@H](c3ccccc3)N1[C@@H]2c1cccc(OCCO)c1. The molecule has 0 saturated carbocycles. The third kappa shape index (κ3) is 8.25. The molecule has 3 saturated heterocycles. The average molecular weight is 907 g/mol. The van der Waals surface area contributed by atoms with Gasteiger partial charge in [-0.25, -0.2) is 19.7 Å². The second-order valence-corrected chi connectivity index (χ2v) is 16.5. The van der Waals surface area contributed by atoms with E-state index in [0.29, 0.717) is 41.5 Å². The maximum Gasteiger partial charge on any atom is 0.421 e. The van der Waals surface area contributed by atoms with Gasteiger partial charge >= 0.3 is 12.1 Å². The van der Waals surface area contributed by atoms with Gasteiger partial charge in [-0.15, -0.1) is 0 Å². The van der Waals surface area contributed by atoms with E-state index < -0.39 is 59.4 Å².